The molecule has 1 fully saturated rings. The van der Waals surface area contributed by atoms with Crippen LogP contribution in [0.1, 0.15) is 60.4 Å². The Morgan fingerprint density at radius 2 is 1.91 bits per heavy atom. The van der Waals surface area contributed by atoms with Gasteiger partial charge in [-0.05, 0) is 75.4 Å². The van der Waals surface area contributed by atoms with Crippen LogP contribution in [0.5, 0.6) is 0 Å². The number of Topliss-reactive ketones (excluding diaryl/α,β-unsaturated/α-hetero) is 1. The third-order valence-electron chi connectivity index (χ3n) is 8.30. The van der Waals surface area contributed by atoms with Gasteiger partial charge < -0.3 is 0 Å². The number of allylic oxidation sites excluding steroid dienone is 1. The predicted molar refractivity (Wildman–Crippen MR) is 152 cm³/mol. The summed E-state index contributed by atoms with van der Waals surface area (Å²) >= 11 is 0. The number of halogens is 4. The van der Waals surface area contributed by atoms with Gasteiger partial charge in [0.25, 0.3) is 15.2 Å². The van der Waals surface area contributed by atoms with Gasteiger partial charge in [-0.1, -0.05) is 5.57 Å². The lowest BCUT2D eigenvalue weighted by Crippen LogP contribution is -2.52. The van der Waals surface area contributed by atoms with Crippen molar-refractivity contribution in [3.8, 4) is 5.69 Å². The molecule has 0 unspecified atom stereocenters. The third-order valence-corrected chi connectivity index (χ3v) is 10.2. The largest absolute Gasteiger partial charge is 0.416 e. The topological polar surface area (TPSA) is 129 Å². The molecule has 0 amide bonds. The molecule has 6 rings (SSSR count). The molecule has 1 saturated carbocycles. The zero-order chi connectivity index (χ0) is 32.3. The molecule has 11 nitrogen and oxygen atoms in total. The standard InChI is InChI=1S/C29H28F4N8O3S/c1-17(2)41(45(43,44)27-36-16-39(3)38-27)21-5-4-19-11-24-18(14-37-40(24)22-6-7-25(30)35-15-22)12-28(19,13-21)26(42)23-10-20(8-9-34-23)29(31,32)33/h6-11,14-17,21H,4-5,12-13H2,1-3H3/t21-,28-/m0/s1. The molecule has 0 N–H and O–H groups in total. The van der Waals surface area contributed by atoms with Crippen LogP contribution in [0, 0.1) is 11.4 Å². The SMILES string of the molecule is CC(C)N([C@H]1CCC2=Cc3c(cnn3-c3ccc(F)nc3)C[C@]2(C(=O)c2cc(C(F)(F)F)ccn2)C1)S(=O)(=O)c1ncn(C)n1. The predicted octanol–water partition coefficient (Wildman–Crippen LogP) is 4.41. The molecule has 4 aromatic rings. The van der Waals surface area contributed by atoms with E-state index in [2.05, 4.69) is 25.1 Å². The number of rotatable bonds is 7. The molecule has 16 heteroatoms. The van der Waals surface area contributed by atoms with Crippen molar-refractivity contribution in [1.29, 1.82) is 0 Å². The third kappa shape index (κ3) is 5.35. The van der Waals surface area contributed by atoms with Crippen molar-refractivity contribution in [2.24, 2.45) is 12.5 Å². The van der Waals surface area contributed by atoms with Crippen molar-refractivity contribution in [2.75, 3.05) is 0 Å². The molecule has 0 spiro atoms. The quantitative estimate of drug-likeness (QED) is 0.165. The van der Waals surface area contributed by atoms with E-state index < -0.39 is 51.0 Å². The highest BCUT2D eigenvalue weighted by Gasteiger charge is 2.52. The minimum absolute atomic E-state index is 0.0252. The average molecular weight is 645 g/mol. The average Bonchev–Trinajstić information content (AvgIpc) is 3.61. The van der Waals surface area contributed by atoms with Crippen molar-refractivity contribution >= 4 is 21.9 Å². The number of nitrogens with zero attached hydrogens (tertiary/aromatic N) is 8. The molecular formula is C29H28F4N8O3S. The second-order valence-corrected chi connectivity index (χ2v) is 13.3. The number of pyridine rings is 2. The van der Waals surface area contributed by atoms with Gasteiger partial charge in [0.2, 0.25) is 5.95 Å². The molecule has 0 radical (unpaired) electrons. The molecule has 0 saturated heterocycles. The Hall–Kier alpha value is -4.31. The monoisotopic (exact) mass is 644 g/mol. The number of carbonyl (C=O) groups is 1. The van der Waals surface area contributed by atoms with Gasteiger partial charge in [0.1, 0.15) is 12.0 Å². The van der Waals surface area contributed by atoms with Crippen LogP contribution in [-0.2, 0) is 29.7 Å². The zero-order valence-electron chi connectivity index (χ0n) is 24.4. The van der Waals surface area contributed by atoms with E-state index in [0.717, 1.165) is 18.3 Å². The van der Waals surface area contributed by atoms with Crippen LogP contribution < -0.4 is 0 Å². The summed E-state index contributed by atoms with van der Waals surface area (Å²) in [6, 6.07) is 2.94. The van der Waals surface area contributed by atoms with Crippen LogP contribution in [0.2, 0.25) is 0 Å². The van der Waals surface area contributed by atoms with Crippen LogP contribution in [0.3, 0.4) is 0 Å². The zero-order valence-corrected chi connectivity index (χ0v) is 25.2. The second-order valence-electron chi connectivity index (χ2n) is 11.5. The summed E-state index contributed by atoms with van der Waals surface area (Å²) in [5, 5.41) is 8.05. The Bertz CT molecular complexity index is 1920. The molecular weight excluding hydrogens is 616 g/mol. The second kappa shape index (κ2) is 10.9. The van der Waals surface area contributed by atoms with Gasteiger partial charge in [-0.25, -0.2) is 23.1 Å². The summed E-state index contributed by atoms with van der Waals surface area (Å²) in [6.45, 7) is 3.41. The Labute approximate surface area is 255 Å². The van der Waals surface area contributed by atoms with Crippen LogP contribution in [-0.4, -0.2) is 65.1 Å². The Morgan fingerprint density at radius 3 is 2.56 bits per heavy atom. The number of alkyl halides is 3. The van der Waals surface area contributed by atoms with E-state index in [4.69, 9.17) is 0 Å². The minimum Gasteiger partial charge on any atom is -0.291 e. The first kappa shape index (κ1) is 30.7. The Balaban J connectivity index is 1.47. The summed E-state index contributed by atoms with van der Waals surface area (Å²) in [5.41, 5.74) is -0.512. The summed E-state index contributed by atoms with van der Waals surface area (Å²) in [4.78, 5) is 26.2. The van der Waals surface area contributed by atoms with Crippen molar-refractivity contribution in [3.05, 3.63) is 83.2 Å². The lowest BCUT2D eigenvalue weighted by molar-refractivity contribution is -0.137. The smallest absolute Gasteiger partial charge is 0.291 e. The van der Waals surface area contributed by atoms with E-state index in [0.29, 0.717) is 28.9 Å². The maximum Gasteiger partial charge on any atom is 0.416 e. The van der Waals surface area contributed by atoms with Gasteiger partial charge in [-0.3, -0.25) is 14.5 Å². The molecule has 2 atom stereocenters. The molecule has 4 aromatic heterocycles. The first-order chi connectivity index (χ1) is 21.2. The molecule has 0 bridgehead atoms. The van der Waals surface area contributed by atoms with Crippen LogP contribution >= 0.6 is 0 Å². The molecule has 4 heterocycles. The summed E-state index contributed by atoms with van der Waals surface area (Å²) in [7, 11) is -2.67. The highest BCUT2D eigenvalue weighted by molar-refractivity contribution is 7.89. The Kier molecular flexibility index (Phi) is 7.47. The summed E-state index contributed by atoms with van der Waals surface area (Å²) in [5.74, 6) is -1.32. The van der Waals surface area contributed by atoms with Gasteiger partial charge >= 0.3 is 6.18 Å². The number of aromatic nitrogens is 7. The number of hydrogen-bond acceptors (Lipinski definition) is 8. The fourth-order valence-electron chi connectivity index (χ4n) is 6.40. The summed E-state index contributed by atoms with van der Waals surface area (Å²) in [6.07, 6.45) is 2.73. The van der Waals surface area contributed by atoms with Gasteiger partial charge in [0.15, 0.2) is 5.78 Å². The van der Waals surface area contributed by atoms with Crippen molar-refractivity contribution in [2.45, 2.75) is 62.9 Å². The highest BCUT2D eigenvalue weighted by atomic mass is 32.2. The lowest BCUT2D eigenvalue weighted by atomic mass is 9.60. The van der Waals surface area contributed by atoms with Crippen LogP contribution in [0.15, 0.2) is 59.9 Å². The van der Waals surface area contributed by atoms with Crippen molar-refractivity contribution in [3.63, 3.8) is 0 Å². The number of sulfonamides is 1. The van der Waals surface area contributed by atoms with E-state index in [1.165, 1.54) is 33.6 Å². The number of carbonyl (C=O) groups excluding carboxylic acids is 1. The van der Waals surface area contributed by atoms with Crippen LogP contribution in [0.4, 0.5) is 17.6 Å². The molecule has 236 valence electrons. The normalized spacial score (nSPS) is 20.2. The number of ketones is 1. The Morgan fingerprint density at radius 1 is 1.13 bits per heavy atom. The molecule has 45 heavy (non-hydrogen) atoms. The first-order valence-electron chi connectivity index (χ1n) is 14.1. The van der Waals surface area contributed by atoms with E-state index >= 15 is 0 Å². The molecule has 0 aliphatic heterocycles. The van der Waals surface area contributed by atoms with E-state index in [-0.39, 0.29) is 30.1 Å². The van der Waals surface area contributed by atoms with Crippen molar-refractivity contribution in [1.82, 2.24) is 38.8 Å². The first-order valence-corrected chi connectivity index (χ1v) is 15.5. The molecule has 0 aromatic carbocycles. The van der Waals surface area contributed by atoms with E-state index in [1.807, 2.05) is 0 Å². The van der Waals surface area contributed by atoms with E-state index in [1.54, 1.807) is 37.8 Å². The van der Waals surface area contributed by atoms with Gasteiger partial charge in [0, 0.05) is 25.3 Å². The van der Waals surface area contributed by atoms with E-state index in [9.17, 15) is 30.8 Å². The maximum atomic E-state index is 14.5. The summed E-state index contributed by atoms with van der Waals surface area (Å²) < 4.78 is 86.3. The molecule has 2 aliphatic rings. The number of aryl methyl sites for hydroxylation is 1. The van der Waals surface area contributed by atoms with Crippen molar-refractivity contribution < 1.29 is 30.8 Å². The van der Waals surface area contributed by atoms with Gasteiger partial charge in [-0.2, -0.15) is 27.0 Å². The lowest BCUT2D eigenvalue weighted by Gasteiger charge is -2.47. The van der Waals surface area contributed by atoms with Gasteiger partial charge in [0.05, 0.1) is 34.8 Å². The molecule has 2 aliphatic carbocycles. The number of fused-ring (bicyclic) bond motifs is 2. The number of hydrogen-bond donors (Lipinski definition) is 0. The minimum atomic E-state index is -4.70. The maximum absolute atomic E-state index is 14.5. The van der Waals surface area contributed by atoms with Crippen LogP contribution in [0.25, 0.3) is 11.8 Å². The fraction of sp³-hybridized carbons (Fsp3) is 0.379. The highest BCUT2D eigenvalue weighted by Crippen LogP contribution is 2.51. The van der Waals surface area contributed by atoms with Gasteiger partial charge in [-0.15, -0.1) is 5.10 Å². The fourth-order valence-corrected chi connectivity index (χ4v) is 8.13.